The third-order valence-electron chi connectivity index (χ3n) is 1.70. The smallest absolute Gasteiger partial charge is 0.390 e. The zero-order valence-corrected chi connectivity index (χ0v) is 9.80. The Bertz CT molecular complexity index is 147. The minimum atomic E-state index is -1.35. The van der Waals surface area contributed by atoms with Crippen LogP contribution < -0.4 is 5.73 Å². The van der Waals surface area contributed by atoms with Gasteiger partial charge >= 0.3 is 9.28 Å². The van der Waals surface area contributed by atoms with Crippen LogP contribution in [-0.4, -0.2) is 28.5 Å². The van der Waals surface area contributed by atoms with Crippen molar-refractivity contribution in [1.29, 1.82) is 0 Å². The lowest BCUT2D eigenvalue weighted by molar-refractivity contribution is 0.219. The summed E-state index contributed by atoms with van der Waals surface area (Å²) < 4.78 is 10.9. The van der Waals surface area contributed by atoms with Gasteiger partial charge in [-0.3, -0.25) is 0 Å². The highest BCUT2D eigenvalue weighted by atomic mass is 28.3. The maximum atomic E-state index is 5.84. The highest BCUT2D eigenvalue weighted by Crippen LogP contribution is 2.08. The van der Waals surface area contributed by atoms with Gasteiger partial charge in [0.1, 0.15) is 0 Å². The zero-order chi connectivity index (χ0) is 10.3. The minimum absolute atomic E-state index is 0.00647. The van der Waals surface area contributed by atoms with Crippen LogP contribution in [0.15, 0.2) is 11.8 Å². The summed E-state index contributed by atoms with van der Waals surface area (Å²) >= 11 is 0. The molecular formula is C9H20NO2Si. The molecular weight excluding hydrogens is 182 g/mol. The summed E-state index contributed by atoms with van der Waals surface area (Å²) in [7, 11) is -1.35. The van der Waals surface area contributed by atoms with Crippen LogP contribution in [0.25, 0.3) is 0 Å². The SMILES string of the molecule is C=C(C(N)CC)[Si](OCC)OCC. The van der Waals surface area contributed by atoms with Crippen molar-refractivity contribution in [3.63, 3.8) is 0 Å². The molecule has 0 aliphatic heterocycles. The van der Waals surface area contributed by atoms with Crippen LogP contribution in [0, 0.1) is 0 Å². The molecule has 0 heterocycles. The number of hydrogen-bond acceptors (Lipinski definition) is 3. The van der Waals surface area contributed by atoms with Crippen LogP contribution in [0.5, 0.6) is 0 Å². The second-order valence-corrected chi connectivity index (χ2v) is 4.49. The number of nitrogens with two attached hydrogens (primary N) is 1. The van der Waals surface area contributed by atoms with E-state index in [1.54, 1.807) is 0 Å². The van der Waals surface area contributed by atoms with Gasteiger partial charge in [0.15, 0.2) is 0 Å². The molecule has 0 aromatic rings. The summed E-state index contributed by atoms with van der Waals surface area (Å²) in [5, 5.41) is 0.927. The maximum absolute atomic E-state index is 5.84. The fourth-order valence-corrected chi connectivity index (χ4v) is 2.37. The first-order valence-corrected chi connectivity index (χ1v) is 6.06. The molecule has 0 bridgehead atoms. The lowest BCUT2D eigenvalue weighted by Crippen LogP contribution is -2.35. The average Bonchev–Trinajstić information content (AvgIpc) is 2.15. The molecule has 0 aromatic heterocycles. The van der Waals surface area contributed by atoms with E-state index in [9.17, 15) is 0 Å². The Labute approximate surface area is 82.8 Å². The van der Waals surface area contributed by atoms with Crippen molar-refractivity contribution in [3.05, 3.63) is 11.8 Å². The Balaban J connectivity index is 4.09. The van der Waals surface area contributed by atoms with Crippen molar-refractivity contribution in [2.24, 2.45) is 5.73 Å². The lowest BCUT2D eigenvalue weighted by atomic mass is 10.2. The van der Waals surface area contributed by atoms with Gasteiger partial charge in [0.05, 0.1) is 0 Å². The molecule has 1 atom stereocenters. The van der Waals surface area contributed by atoms with Crippen molar-refractivity contribution >= 4 is 9.28 Å². The molecule has 4 heteroatoms. The molecule has 0 aliphatic rings. The van der Waals surface area contributed by atoms with Crippen molar-refractivity contribution in [1.82, 2.24) is 0 Å². The standard InChI is InChI=1S/C9H20NO2Si/c1-5-9(10)8(4)13(11-6-2)12-7-3/h9H,4-7,10H2,1-3H3. The molecule has 0 aliphatic carbocycles. The third kappa shape index (κ3) is 4.57. The predicted molar refractivity (Wildman–Crippen MR) is 56.4 cm³/mol. The van der Waals surface area contributed by atoms with E-state index in [0.717, 1.165) is 11.6 Å². The Kier molecular flexibility index (Phi) is 7.17. The second-order valence-electron chi connectivity index (χ2n) is 2.69. The van der Waals surface area contributed by atoms with Gasteiger partial charge in [-0.2, -0.15) is 0 Å². The first-order valence-electron chi connectivity index (χ1n) is 4.74. The van der Waals surface area contributed by atoms with Crippen LogP contribution in [0.1, 0.15) is 27.2 Å². The molecule has 0 amide bonds. The predicted octanol–water partition coefficient (Wildman–Crippen LogP) is 1.38. The number of hydrogen-bond donors (Lipinski definition) is 1. The molecule has 0 spiro atoms. The van der Waals surface area contributed by atoms with E-state index in [1.165, 1.54) is 0 Å². The largest absolute Gasteiger partial charge is 0.420 e. The fourth-order valence-electron chi connectivity index (χ4n) is 0.887. The van der Waals surface area contributed by atoms with Crippen LogP contribution in [0.2, 0.25) is 0 Å². The number of rotatable bonds is 7. The van der Waals surface area contributed by atoms with Gasteiger partial charge in [-0.15, -0.1) is 0 Å². The summed E-state index contributed by atoms with van der Waals surface area (Å²) in [5.74, 6) is 0. The zero-order valence-electron chi connectivity index (χ0n) is 8.80. The van der Waals surface area contributed by atoms with Crippen molar-refractivity contribution in [3.8, 4) is 0 Å². The van der Waals surface area contributed by atoms with E-state index in [-0.39, 0.29) is 6.04 Å². The topological polar surface area (TPSA) is 44.5 Å². The molecule has 3 nitrogen and oxygen atoms in total. The van der Waals surface area contributed by atoms with E-state index < -0.39 is 9.28 Å². The van der Waals surface area contributed by atoms with E-state index in [1.807, 2.05) is 20.8 Å². The molecule has 0 rings (SSSR count). The summed E-state index contributed by atoms with van der Waals surface area (Å²) in [6.45, 7) is 11.2. The van der Waals surface area contributed by atoms with E-state index in [2.05, 4.69) is 6.58 Å². The third-order valence-corrected chi connectivity index (χ3v) is 3.70. The van der Waals surface area contributed by atoms with Gasteiger partial charge < -0.3 is 14.6 Å². The Morgan fingerprint density at radius 1 is 1.31 bits per heavy atom. The highest BCUT2D eigenvalue weighted by molar-refractivity contribution is 6.53. The van der Waals surface area contributed by atoms with Crippen LogP contribution in [0.3, 0.4) is 0 Å². The monoisotopic (exact) mass is 202 g/mol. The summed E-state index contributed by atoms with van der Waals surface area (Å²) in [4.78, 5) is 0. The normalized spacial score (nSPS) is 13.3. The average molecular weight is 202 g/mol. The Hall–Kier alpha value is -0.163. The first kappa shape index (κ1) is 12.8. The fraction of sp³-hybridized carbons (Fsp3) is 0.778. The Morgan fingerprint density at radius 2 is 1.77 bits per heavy atom. The molecule has 0 saturated carbocycles. The van der Waals surface area contributed by atoms with Crippen molar-refractivity contribution < 1.29 is 8.85 Å². The van der Waals surface area contributed by atoms with Crippen LogP contribution in [0.4, 0.5) is 0 Å². The van der Waals surface area contributed by atoms with Gasteiger partial charge in [0.25, 0.3) is 0 Å². The molecule has 77 valence electrons. The van der Waals surface area contributed by atoms with Gasteiger partial charge in [-0.1, -0.05) is 13.5 Å². The molecule has 0 saturated heterocycles. The summed E-state index contributed by atoms with van der Waals surface area (Å²) in [6, 6.07) is 0.00647. The summed E-state index contributed by atoms with van der Waals surface area (Å²) in [6.07, 6.45) is 0.882. The van der Waals surface area contributed by atoms with Crippen molar-refractivity contribution in [2.75, 3.05) is 13.2 Å². The van der Waals surface area contributed by atoms with Gasteiger partial charge in [0, 0.05) is 19.3 Å². The first-order chi connectivity index (χ1) is 6.17. The van der Waals surface area contributed by atoms with Gasteiger partial charge in [-0.05, 0) is 25.5 Å². The Morgan fingerprint density at radius 3 is 2.08 bits per heavy atom. The molecule has 0 aromatic carbocycles. The maximum Gasteiger partial charge on any atom is 0.420 e. The highest BCUT2D eigenvalue weighted by Gasteiger charge is 2.23. The van der Waals surface area contributed by atoms with Crippen molar-refractivity contribution in [2.45, 2.75) is 33.2 Å². The molecule has 13 heavy (non-hydrogen) atoms. The second kappa shape index (κ2) is 7.26. The van der Waals surface area contributed by atoms with Gasteiger partial charge in [0.2, 0.25) is 0 Å². The van der Waals surface area contributed by atoms with E-state index in [4.69, 9.17) is 14.6 Å². The molecule has 1 radical (unpaired) electrons. The van der Waals surface area contributed by atoms with E-state index >= 15 is 0 Å². The van der Waals surface area contributed by atoms with Gasteiger partial charge in [-0.25, -0.2) is 0 Å². The van der Waals surface area contributed by atoms with Crippen LogP contribution in [-0.2, 0) is 8.85 Å². The van der Waals surface area contributed by atoms with Crippen LogP contribution >= 0.6 is 0 Å². The molecule has 1 unspecified atom stereocenters. The lowest BCUT2D eigenvalue weighted by Gasteiger charge is -2.19. The molecule has 2 N–H and O–H groups in total. The molecule has 0 fully saturated rings. The quantitative estimate of drug-likeness (QED) is 0.634. The van der Waals surface area contributed by atoms with E-state index in [0.29, 0.717) is 13.2 Å². The summed E-state index contributed by atoms with van der Waals surface area (Å²) in [5.41, 5.74) is 5.84. The minimum Gasteiger partial charge on any atom is -0.390 e.